The molecular weight excluding hydrogens is 282 g/mol. The molecule has 4 nitrogen and oxygen atoms in total. The molecule has 2 aromatic heterocycles. The monoisotopic (exact) mass is 301 g/mol. The Balaban J connectivity index is 2.00. The molecule has 1 aliphatic heterocycles. The van der Waals surface area contributed by atoms with E-state index in [-0.39, 0.29) is 12.1 Å². The zero-order valence-electron chi connectivity index (χ0n) is 12.2. The normalized spacial score (nSPS) is 21.6. The van der Waals surface area contributed by atoms with Crippen LogP contribution in [0, 0.1) is 6.92 Å². The molecule has 1 aliphatic rings. The van der Waals surface area contributed by atoms with Gasteiger partial charge < -0.3 is 14.6 Å². The van der Waals surface area contributed by atoms with Gasteiger partial charge in [0.1, 0.15) is 17.6 Å². The molecule has 0 radical (unpaired) electrons. The molecule has 21 heavy (non-hydrogen) atoms. The van der Waals surface area contributed by atoms with Crippen molar-refractivity contribution in [1.29, 1.82) is 0 Å². The van der Waals surface area contributed by atoms with Crippen molar-refractivity contribution in [3.8, 4) is 0 Å². The summed E-state index contributed by atoms with van der Waals surface area (Å²) in [5, 5.41) is 4.17. The van der Waals surface area contributed by atoms with E-state index in [4.69, 9.17) is 16.6 Å². The predicted molar refractivity (Wildman–Crippen MR) is 85.9 cm³/mol. The van der Waals surface area contributed by atoms with E-state index in [0.29, 0.717) is 0 Å². The highest BCUT2D eigenvalue weighted by atomic mass is 32.1. The van der Waals surface area contributed by atoms with E-state index in [0.717, 1.165) is 35.3 Å². The van der Waals surface area contributed by atoms with Gasteiger partial charge in [0.25, 0.3) is 0 Å². The maximum Gasteiger partial charge on any atom is 0.170 e. The molecule has 3 heterocycles. The van der Waals surface area contributed by atoms with Crippen LogP contribution in [0.2, 0.25) is 0 Å². The molecule has 1 saturated heterocycles. The third kappa shape index (κ3) is 2.65. The van der Waals surface area contributed by atoms with E-state index in [2.05, 4.69) is 22.1 Å². The van der Waals surface area contributed by atoms with Crippen molar-refractivity contribution < 1.29 is 4.42 Å². The molecule has 2 atom stereocenters. The predicted octanol–water partition coefficient (Wildman–Crippen LogP) is 3.37. The van der Waals surface area contributed by atoms with Crippen LogP contribution in [0.1, 0.15) is 42.6 Å². The van der Waals surface area contributed by atoms with Crippen molar-refractivity contribution in [2.24, 2.45) is 0 Å². The summed E-state index contributed by atoms with van der Waals surface area (Å²) in [6, 6.07) is 10.1. The van der Waals surface area contributed by atoms with Crippen molar-refractivity contribution >= 4 is 17.3 Å². The number of hydrogen-bond acceptors (Lipinski definition) is 3. The first-order valence-corrected chi connectivity index (χ1v) is 7.66. The van der Waals surface area contributed by atoms with Crippen LogP contribution in [-0.2, 0) is 0 Å². The molecule has 1 N–H and O–H groups in total. The highest BCUT2D eigenvalue weighted by Crippen LogP contribution is 2.39. The standard InChI is InChI=1S/C16H19N3OS/c1-3-10-19-15(13-8-7-11(2)20-13)14(18-16(19)21)12-6-4-5-9-17-12/h4-9,14-15H,3,10H2,1-2H3,(H,18,21)/t14-,15-/m1/s1. The van der Waals surface area contributed by atoms with Crippen molar-refractivity contribution in [2.45, 2.75) is 32.4 Å². The lowest BCUT2D eigenvalue weighted by Gasteiger charge is -2.25. The number of rotatable bonds is 4. The first-order chi connectivity index (χ1) is 10.2. The van der Waals surface area contributed by atoms with Crippen LogP contribution in [0.15, 0.2) is 40.9 Å². The Kier molecular flexibility index (Phi) is 3.92. The second-order valence-corrected chi connectivity index (χ2v) is 5.66. The van der Waals surface area contributed by atoms with E-state index in [9.17, 15) is 0 Å². The number of furan rings is 1. The van der Waals surface area contributed by atoms with Gasteiger partial charge in [-0.1, -0.05) is 13.0 Å². The molecule has 5 heteroatoms. The van der Waals surface area contributed by atoms with Crippen LogP contribution < -0.4 is 5.32 Å². The maximum absolute atomic E-state index is 5.87. The van der Waals surface area contributed by atoms with Crippen LogP contribution in [0.25, 0.3) is 0 Å². The summed E-state index contributed by atoms with van der Waals surface area (Å²) >= 11 is 5.51. The number of thiocarbonyl (C=S) groups is 1. The molecule has 0 bridgehead atoms. The zero-order valence-corrected chi connectivity index (χ0v) is 13.1. The average Bonchev–Trinajstić information content (AvgIpc) is 3.05. The Morgan fingerprint density at radius 1 is 1.33 bits per heavy atom. The summed E-state index contributed by atoms with van der Waals surface area (Å²) in [5.41, 5.74) is 0.984. The Bertz CT molecular complexity index is 625. The Labute approximate surface area is 130 Å². The number of aromatic nitrogens is 1. The Hall–Kier alpha value is -1.88. The van der Waals surface area contributed by atoms with Crippen LogP contribution >= 0.6 is 12.2 Å². The lowest BCUT2D eigenvalue weighted by Crippen LogP contribution is -2.30. The van der Waals surface area contributed by atoms with Gasteiger partial charge in [0.05, 0.1) is 11.7 Å². The Morgan fingerprint density at radius 3 is 2.81 bits per heavy atom. The first-order valence-electron chi connectivity index (χ1n) is 7.25. The van der Waals surface area contributed by atoms with Crippen LogP contribution in [0.4, 0.5) is 0 Å². The van der Waals surface area contributed by atoms with Gasteiger partial charge in [0.2, 0.25) is 0 Å². The Morgan fingerprint density at radius 2 is 2.19 bits per heavy atom. The van der Waals surface area contributed by atoms with Gasteiger partial charge >= 0.3 is 0 Å². The van der Waals surface area contributed by atoms with E-state index in [1.54, 1.807) is 0 Å². The molecule has 1 fully saturated rings. The molecule has 0 aromatic carbocycles. The molecule has 0 saturated carbocycles. The molecule has 2 aromatic rings. The third-order valence-corrected chi connectivity index (χ3v) is 4.07. The average molecular weight is 301 g/mol. The molecule has 0 aliphatic carbocycles. The number of hydrogen-bond donors (Lipinski definition) is 1. The second-order valence-electron chi connectivity index (χ2n) is 5.27. The summed E-state index contributed by atoms with van der Waals surface area (Å²) in [4.78, 5) is 6.68. The van der Waals surface area contributed by atoms with E-state index < -0.39 is 0 Å². The maximum atomic E-state index is 5.87. The van der Waals surface area contributed by atoms with Crippen molar-refractivity contribution in [3.63, 3.8) is 0 Å². The summed E-state index contributed by atoms with van der Waals surface area (Å²) in [6.07, 6.45) is 2.85. The van der Waals surface area contributed by atoms with Gasteiger partial charge in [-0.25, -0.2) is 0 Å². The van der Waals surface area contributed by atoms with E-state index in [1.807, 2.05) is 43.5 Å². The van der Waals surface area contributed by atoms with E-state index >= 15 is 0 Å². The SMILES string of the molecule is CCCN1C(=S)N[C@H](c2ccccn2)[C@H]1c1ccc(C)o1. The molecule has 3 rings (SSSR count). The lowest BCUT2D eigenvalue weighted by molar-refractivity contribution is 0.269. The van der Waals surface area contributed by atoms with Crippen molar-refractivity contribution in [2.75, 3.05) is 6.54 Å². The van der Waals surface area contributed by atoms with Crippen LogP contribution in [-0.4, -0.2) is 21.5 Å². The highest BCUT2D eigenvalue weighted by molar-refractivity contribution is 7.80. The van der Waals surface area contributed by atoms with Gasteiger partial charge in [-0.15, -0.1) is 0 Å². The smallest absolute Gasteiger partial charge is 0.170 e. The number of aryl methyl sites for hydroxylation is 1. The fourth-order valence-electron chi connectivity index (χ4n) is 2.81. The lowest BCUT2D eigenvalue weighted by atomic mass is 10.0. The summed E-state index contributed by atoms with van der Waals surface area (Å²) in [7, 11) is 0. The molecule has 0 amide bonds. The van der Waals surface area contributed by atoms with Gasteiger partial charge in [-0.3, -0.25) is 4.98 Å². The number of pyridine rings is 1. The minimum atomic E-state index is 0.0239. The third-order valence-electron chi connectivity index (χ3n) is 3.71. The van der Waals surface area contributed by atoms with Crippen molar-refractivity contribution in [1.82, 2.24) is 15.2 Å². The summed E-state index contributed by atoms with van der Waals surface area (Å²) < 4.78 is 5.87. The molecule has 110 valence electrons. The van der Waals surface area contributed by atoms with Gasteiger partial charge in [0, 0.05) is 12.7 Å². The van der Waals surface area contributed by atoms with E-state index in [1.165, 1.54) is 0 Å². The quantitative estimate of drug-likeness (QED) is 0.877. The zero-order chi connectivity index (χ0) is 14.8. The highest BCUT2D eigenvalue weighted by Gasteiger charge is 2.40. The first kappa shape index (κ1) is 14.1. The molecular formula is C16H19N3OS. The van der Waals surface area contributed by atoms with Crippen LogP contribution in [0.3, 0.4) is 0 Å². The second kappa shape index (κ2) is 5.85. The summed E-state index contributed by atoms with van der Waals surface area (Å²) in [5.74, 6) is 1.85. The molecule has 0 spiro atoms. The molecule has 0 unspecified atom stereocenters. The minimum absolute atomic E-state index is 0.0239. The minimum Gasteiger partial charge on any atom is -0.464 e. The van der Waals surface area contributed by atoms with Gasteiger partial charge in [0.15, 0.2) is 5.11 Å². The van der Waals surface area contributed by atoms with Gasteiger partial charge in [-0.2, -0.15) is 0 Å². The van der Waals surface area contributed by atoms with Gasteiger partial charge in [-0.05, 0) is 49.8 Å². The topological polar surface area (TPSA) is 41.3 Å². The van der Waals surface area contributed by atoms with Crippen LogP contribution in [0.5, 0.6) is 0 Å². The number of nitrogens with one attached hydrogen (secondary N) is 1. The fourth-order valence-corrected chi connectivity index (χ4v) is 3.14. The van der Waals surface area contributed by atoms with Crippen molar-refractivity contribution in [3.05, 3.63) is 53.7 Å². The summed E-state index contributed by atoms with van der Waals surface area (Å²) in [6.45, 7) is 5.02. The largest absolute Gasteiger partial charge is 0.464 e. The number of nitrogens with zero attached hydrogens (tertiary/aromatic N) is 2. The fraction of sp³-hybridized carbons (Fsp3) is 0.375.